The van der Waals surface area contributed by atoms with E-state index in [-0.39, 0.29) is 32.1 Å². The Morgan fingerprint density at radius 1 is 0.327 bits per heavy atom. The molecule has 0 fully saturated rings. The summed E-state index contributed by atoms with van der Waals surface area (Å²) in [7, 11) is 0. The molecule has 0 heterocycles. The molecule has 0 radical (unpaired) electrons. The topological polar surface area (TPSA) is 371 Å². The van der Waals surface area contributed by atoms with Gasteiger partial charge in [-0.05, 0) is 148 Å². The maximum atomic E-state index is 13.9. The van der Waals surface area contributed by atoms with Crippen LogP contribution in [0, 0.1) is 0 Å². The summed E-state index contributed by atoms with van der Waals surface area (Å²) < 4.78 is 0. The normalized spacial score (nSPS) is 14.5. The number of carbonyl (C=O) groups excluding carboxylic acids is 6. The zero-order chi connectivity index (χ0) is 41.4. The van der Waals surface area contributed by atoms with Gasteiger partial charge >= 0.3 is 0 Å². The SMILES string of the molecule is NCCCC[C@@H](N)C(=O)N[C@H](CCCCN)C(=O)N[C@H](CCCCN)C(=O)N[C@H](CCCCN)C(=O)N[C@H](CCCCN)C(=O)N[C@H](CCCCN)C(N)=O. The molecule has 0 bridgehead atoms. The molecule has 19 heteroatoms. The van der Waals surface area contributed by atoms with Crippen molar-refractivity contribution in [3.63, 3.8) is 0 Å². The van der Waals surface area contributed by atoms with Gasteiger partial charge in [-0.25, -0.2) is 0 Å². The van der Waals surface area contributed by atoms with Gasteiger partial charge < -0.3 is 72.5 Å². The molecule has 320 valence electrons. The average molecular weight is 786 g/mol. The van der Waals surface area contributed by atoms with Gasteiger partial charge in [0.2, 0.25) is 35.4 Å². The Morgan fingerprint density at radius 2 is 0.545 bits per heavy atom. The predicted octanol–water partition coefficient (Wildman–Crippen LogP) is -3.00. The standard InChI is InChI=1S/C36H75N13O6/c37-19-7-1-13-25(43)32(51)46-27(15-3-9-21-39)34(53)48-29(17-5-11-23-41)36(55)49-30(18-6-12-24-42)35(54)47-28(16-4-10-22-40)33(52)45-26(31(44)50)14-2-8-20-38/h25-30H,1-24,37-43H2,(H2,44,50)(H,45,52)(H,46,51)(H,47,54)(H,48,53)(H,49,55)/t25-,26-,27-,28-,29-,30-/m1/s1. The fraction of sp³-hybridized carbons (Fsp3) is 0.833. The molecule has 0 aromatic heterocycles. The molecule has 0 unspecified atom stereocenters. The number of carbonyl (C=O) groups is 6. The lowest BCUT2D eigenvalue weighted by Gasteiger charge is -2.27. The lowest BCUT2D eigenvalue weighted by molar-refractivity contribution is -0.135. The van der Waals surface area contributed by atoms with E-state index in [9.17, 15) is 28.8 Å². The minimum atomic E-state index is -1.10. The summed E-state index contributed by atoms with van der Waals surface area (Å²) in [6, 6.07) is -6.01. The number of nitrogens with two attached hydrogens (primary N) is 8. The van der Waals surface area contributed by atoms with Crippen LogP contribution in [0.3, 0.4) is 0 Å². The Labute approximate surface area is 327 Å². The van der Waals surface area contributed by atoms with Gasteiger partial charge in [0.05, 0.1) is 6.04 Å². The molecule has 21 N–H and O–H groups in total. The fourth-order valence-electron chi connectivity index (χ4n) is 5.83. The first-order chi connectivity index (χ1) is 26.4. The number of nitrogens with one attached hydrogen (secondary N) is 5. The van der Waals surface area contributed by atoms with Crippen LogP contribution in [0.2, 0.25) is 0 Å². The van der Waals surface area contributed by atoms with Crippen LogP contribution in [-0.2, 0) is 28.8 Å². The van der Waals surface area contributed by atoms with Crippen LogP contribution in [0.15, 0.2) is 0 Å². The van der Waals surface area contributed by atoms with Gasteiger partial charge in [0.1, 0.15) is 30.2 Å². The molecule has 6 amide bonds. The van der Waals surface area contributed by atoms with Crippen LogP contribution >= 0.6 is 0 Å². The van der Waals surface area contributed by atoms with Crippen molar-refractivity contribution in [3.8, 4) is 0 Å². The lowest BCUT2D eigenvalue weighted by Crippen LogP contribution is -2.59. The number of hydrogen-bond donors (Lipinski definition) is 13. The Balaban J connectivity index is 6.22. The molecule has 6 atom stereocenters. The zero-order valence-electron chi connectivity index (χ0n) is 33.0. The first kappa shape index (κ1) is 51.5. The van der Waals surface area contributed by atoms with E-state index in [4.69, 9.17) is 45.9 Å². The van der Waals surface area contributed by atoms with Crippen molar-refractivity contribution >= 4 is 35.4 Å². The second-order valence-corrected chi connectivity index (χ2v) is 14.0. The highest BCUT2D eigenvalue weighted by atomic mass is 16.2. The van der Waals surface area contributed by atoms with Crippen LogP contribution in [0.4, 0.5) is 0 Å². The molecule has 0 saturated heterocycles. The molecular formula is C36H75N13O6. The smallest absolute Gasteiger partial charge is 0.243 e. The first-order valence-electron chi connectivity index (χ1n) is 20.2. The quantitative estimate of drug-likeness (QED) is 0.0285. The van der Waals surface area contributed by atoms with Crippen molar-refractivity contribution in [2.75, 3.05) is 39.3 Å². The van der Waals surface area contributed by atoms with Crippen molar-refractivity contribution < 1.29 is 28.8 Å². The van der Waals surface area contributed by atoms with Crippen LogP contribution < -0.4 is 72.5 Å². The van der Waals surface area contributed by atoms with Crippen LogP contribution in [-0.4, -0.2) is 111 Å². The number of primary amides is 1. The van der Waals surface area contributed by atoms with Gasteiger partial charge in [0.25, 0.3) is 0 Å². The van der Waals surface area contributed by atoms with Gasteiger partial charge in [-0.15, -0.1) is 0 Å². The molecule has 0 aromatic carbocycles. The first-order valence-corrected chi connectivity index (χ1v) is 20.2. The third kappa shape index (κ3) is 23.9. The number of unbranched alkanes of at least 4 members (excludes halogenated alkanes) is 6. The third-order valence-corrected chi connectivity index (χ3v) is 9.23. The van der Waals surface area contributed by atoms with Crippen LogP contribution in [0.5, 0.6) is 0 Å². The van der Waals surface area contributed by atoms with Gasteiger partial charge in [-0.1, -0.05) is 6.42 Å². The maximum Gasteiger partial charge on any atom is 0.243 e. The summed E-state index contributed by atoms with van der Waals surface area (Å²) in [5.74, 6) is -3.63. The van der Waals surface area contributed by atoms with Gasteiger partial charge in [0, 0.05) is 0 Å². The molecule has 0 aliphatic heterocycles. The largest absolute Gasteiger partial charge is 0.368 e. The van der Waals surface area contributed by atoms with E-state index < -0.39 is 71.7 Å². The number of rotatable bonds is 35. The second-order valence-electron chi connectivity index (χ2n) is 14.0. The predicted molar refractivity (Wildman–Crippen MR) is 214 cm³/mol. The van der Waals surface area contributed by atoms with E-state index in [1.165, 1.54) is 0 Å². The van der Waals surface area contributed by atoms with E-state index in [2.05, 4.69) is 26.6 Å². The van der Waals surface area contributed by atoms with Crippen molar-refractivity contribution in [2.24, 2.45) is 45.9 Å². The molecule has 0 aliphatic rings. The second kappa shape index (κ2) is 32.8. The summed E-state index contributed by atoms with van der Waals surface area (Å²) >= 11 is 0. The summed E-state index contributed by atoms with van der Waals surface area (Å²) in [6.45, 7) is 2.39. The van der Waals surface area contributed by atoms with Crippen molar-refractivity contribution in [1.29, 1.82) is 0 Å². The molecule has 0 saturated carbocycles. The van der Waals surface area contributed by atoms with Crippen molar-refractivity contribution in [1.82, 2.24) is 26.6 Å². The van der Waals surface area contributed by atoms with E-state index in [0.29, 0.717) is 123 Å². The Kier molecular flexibility index (Phi) is 30.7. The Bertz CT molecular complexity index is 1100. The summed E-state index contributed by atoms with van der Waals surface area (Å²) in [6.07, 6.45) is 8.50. The van der Waals surface area contributed by atoms with E-state index in [1.54, 1.807) is 0 Å². The summed E-state index contributed by atoms with van der Waals surface area (Å²) in [4.78, 5) is 80.0. The van der Waals surface area contributed by atoms with Gasteiger partial charge in [-0.3, -0.25) is 28.8 Å². The minimum Gasteiger partial charge on any atom is -0.368 e. The highest BCUT2D eigenvalue weighted by Crippen LogP contribution is 2.10. The molecule has 19 nitrogen and oxygen atoms in total. The fourth-order valence-corrected chi connectivity index (χ4v) is 5.83. The van der Waals surface area contributed by atoms with Crippen molar-refractivity contribution in [2.45, 2.75) is 152 Å². The van der Waals surface area contributed by atoms with Crippen LogP contribution in [0.25, 0.3) is 0 Å². The molecular weight excluding hydrogens is 710 g/mol. The monoisotopic (exact) mass is 786 g/mol. The van der Waals surface area contributed by atoms with Gasteiger partial charge in [-0.2, -0.15) is 0 Å². The highest BCUT2D eigenvalue weighted by Gasteiger charge is 2.32. The minimum absolute atomic E-state index is 0.193. The average Bonchev–Trinajstić information content (AvgIpc) is 3.15. The molecule has 0 aliphatic carbocycles. The number of amides is 6. The van der Waals surface area contributed by atoms with Gasteiger partial charge in [0.15, 0.2) is 0 Å². The lowest BCUT2D eigenvalue weighted by atomic mass is 10.0. The Morgan fingerprint density at radius 3 is 0.800 bits per heavy atom. The molecule has 0 spiro atoms. The summed E-state index contributed by atoms with van der Waals surface area (Å²) in [5, 5.41) is 13.7. The maximum absolute atomic E-state index is 13.9. The summed E-state index contributed by atoms with van der Waals surface area (Å²) in [5.41, 5.74) is 45.6. The molecule has 0 aromatic rings. The van der Waals surface area contributed by atoms with Crippen LogP contribution in [0.1, 0.15) is 116 Å². The van der Waals surface area contributed by atoms with E-state index in [0.717, 1.165) is 0 Å². The van der Waals surface area contributed by atoms with E-state index in [1.807, 2.05) is 0 Å². The van der Waals surface area contributed by atoms with Crippen molar-refractivity contribution in [3.05, 3.63) is 0 Å². The molecule has 0 rings (SSSR count). The third-order valence-electron chi connectivity index (χ3n) is 9.23. The number of hydrogen-bond acceptors (Lipinski definition) is 13. The Hall–Kier alpha value is -3.46. The molecule has 55 heavy (non-hydrogen) atoms. The highest BCUT2D eigenvalue weighted by molar-refractivity contribution is 5.96. The van der Waals surface area contributed by atoms with E-state index >= 15 is 0 Å². The zero-order valence-corrected chi connectivity index (χ0v) is 33.0.